The molecule has 1 aliphatic carbocycles. The fourth-order valence-corrected chi connectivity index (χ4v) is 4.21. The van der Waals surface area contributed by atoms with Crippen LogP contribution in [0.3, 0.4) is 0 Å². The molecule has 0 spiro atoms. The maximum absolute atomic E-state index is 12.6. The van der Waals surface area contributed by atoms with Crippen molar-refractivity contribution < 1.29 is 17.9 Å². The van der Waals surface area contributed by atoms with Crippen molar-refractivity contribution in [3.8, 4) is 5.75 Å². The second kappa shape index (κ2) is 7.34. The van der Waals surface area contributed by atoms with Crippen LogP contribution in [0.4, 0.5) is 0 Å². The van der Waals surface area contributed by atoms with Crippen molar-refractivity contribution in [3.05, 3.63) is 24.3 Å². The first kappa shape index (κ1) is 17.8. The monoisotopic (exact) mass is 339 g/mol. The van der Waals surface area contributed by atoms with Gasteiger partial charge in [-0.1, -0.05) is 19.8 Å². The van der Waals surface area contributed by atoms with E-state index in [9.17, 15) is 13.2 Å². The molecule has 0 bridgehead atoms. The lowest BCUT2D eigenvalue weighted by Gasteiger charge is -2.30. The van der Waals surface area contributed by atoms with Crippen LogP contribution in [0, 0.1) is 5.92 Å². The lowest BCUT2D eigenvalue weighted by molar-refractivity contribution is -0.121. The lowest BCUT2D eigenvalue weighted by Crippen LogP contribution is -2.46. The lowest BCUT2D eigenvalue weighted by atomic mass is 9.86. The van der Waals surface area contributed by atoms with Crippen LogP contribution in [0.1, 0.15) is 39.5 Å². The highest BCUT2D eigenvalue weighted by molar-refractivity contribution is 7.92. The first-order valence-corrected chi connectivity index (χ1v) is 9.59. The number of amides is 1. The summed E-state index contributed by atoms with van der Waals surface area (Å²) in [4.78, 5) is 12.5. The maximum Gasteiger partial charge on any atom is 0.238 e. The van der Waals surface area contributed by atoms with Crippen molar-refractivity contribution >= 4 is 15.7 Å². The van der Waals surface area contributed by atoms with E-state index in [2.05, 4.69) is 12.2 Å². The van der Waals surface area contributed by atoms with Gasteiger partial charge in [0.2, 0.25) is 5.91 Å². The predicted octanol–water partition coefficient (Wildman–Crippen LogP) is 2.55. The molecule has 0 saturated heterocycles. The molecule has 1 aromatic carbocycles. The van der Waals surface area contributed by atoms with Gasteiger partial charge >= 0.3 is 0 Å². The summed E-state index contributed by atoms with van der Waals surface area (Å²) in [5, 5.41) is 1.82. The normalized spacial score (nSPS) is 23.1. The average Bonchev–Trinajstić information content (AvgIpc) is 2.56. The van der Waals surface area contributed by atoms with Crippen molar-refractivity contribution in [1.82, 2.24) is 5.32 Å². The highest BCUT2D eigenvalue weighted by Crippen LogP contribution is 2.25. The summed E-state index contributed by atoms with van der Waals surface area (Å²) < 4.78 is 30.2. The number of hydrogen-bond donors (Lipinski definition) is 1. The van der Waals surface area contributed by atoms with E-state index in [1.54, 1.807) is 12.1 Å². The summed E-state index contributed by atoms with van der Waals surface area (Å²) >= 11 is 0. The Morgan fingerprint density at radius 3 is 2.39 bits per heavy atom. The Bertz CT molecular complexity index is 639. The highest BCUT2D eigenvalue weighted by atomic mass is 32.2. The third kappa shape index (κ3) is 4.05. The molecular weight excluding hydrogens is 314 g/mol. The summed E-state index contributed by atoms with van der Waals surface area (Å²) in [6, 6.07) is 6.19. The van der Waals surface area contributed by atoms with Gasteiger partial charge in [-0.15, -0.1) is 0 Å². The van der Waals surface area contributed by atoms with Gasteiger partial charge in [0.25, 0.3) is 0 Å². The van der Waals surface area contributed by atoms with Crippen LogP contribution >= 0.6 is 0 Å². The van der Waals surface area contributed by atoms with E-state index in [4.69, 9.17) is 4.74 Å². The van der Waals surface area contributed by atoms with Crippen LogP contribution in [-0.4, -0.2) is 32.7 Å². The first-order valence-electron chi connectivity index (χ1n) is 8.04. The Morgan fingerprint density at radius 2 is 1.83 bits per heavy atom. The van der Waals surface area contributed by atoms with Gasteiger partial charge in [0.1, 0.15) is 11.0 Å². The van der Waals surface area contributed by atoms with Crippen molar-refractivity contribution in [2.24, 2.45) is 5.92 Å². The molecule has 23 heavy (non-hydrogen) atoms. The number of methoxy groups -OCH3 is 1. The Kier molecular flexibility index (Phi) is 5.68. The van der Waals surface area contributed by atoms with Crippen molar-refractivity contribution in [2.45, 2.75) is 55.7 Å². The molecule has 5 nitrogen and oxygen atoms in total. The number of nitrogens with one attached hydrogen (secondary N) is 1. The fourth-order valence-electron chi connectivity index (χ4n) is 2.94. The Labute approximate surface area is 138 Å². The van der Waals surface area contributed by atoms with E-state index in [-0.39, 0.29) is 10.9 Å². The van der Waals surface area contributed by atoms with Crippen molar-refractivity contribution in [3.63, 3.8) is 0 Å². The summed E-state index contributed by atoms with van der Waals surface area (Å²) in [7, 11) is -2.18. The summed E-state index contributed by atoms with van der Waals surface area (Å²) in [5.41, 5.74) is 0. The van der Waals surface area contributed by atoms with Crippen molar-refractivity contribution in [1.29, 1.82) is 0 Å². The minimum absolute atomic E-state index is 0.0739. The molecule has 2 rings (SSSR count). The van der Waals surface area contributed by atoms with E-state index in [1.807, 2.05) is 0 Å². The minimum Gasteiger partial charge on any atom is -0.497 e. The summed E-state index contributed by atoms with van der Waals surface area (Å²) in [6.07, 6.45) is 4.24. The maximum atomic E-state index is 12.6. The van der Waals surface area contributed by atoms with E-state index in [1.165, 1.54) is 32.6 Å². The highest BCUT2D eigenvalue weighted by Gasteiger charge is 2.32. The van der Waals surface area contributed by atoms with Gasteiger partial charge in [0, 0.05) is 6.04 Å². The van der Waals surface area contributed by atoms with Gasteiger partial charge < -0.3 is 10.1 Å². The molecule has 1 N–H and O–H groups in total. The summed E-state index contributed by atoms with van der Waals surface area (Å²) in [6.45, 7) is 3.55. The van der Waals surface area contributed by atoms with Crippen LogP contribution in [0.2, 0.25) is 0 Å². The molecular formula is C17H25NO4S. The molecule has 1 aliphatic rings. The molecule has 6 heteroatoms. The van der Waals surface area contributed by atoms with Crippen LogP contribution in [-0.2, 0) is 14.6 Å². The Hall–Kier alpha value is -1.56. The zero-order valence-corrected chi connectivity index (χ0v) is 14.7. The minimum atomic E-state index is -3.70. The predicted molar refractivity (Wildman–Crippen MR) is 89.2 cm³/mol. The Morgan fingerprint density at radius 1 is 1.22 bits per heavy atom. The van der Waals surface area contributed by atoms with E-state index >= 15 is 0 Å². The van der Waals surface area contributed by atoms with E-state index in [0.717, 1.165) is 19.3 Å². The number of rotatable bonds is 5. The first-order chi connectivity index (χ1) is 10.9. The van der Waals surface area contributed by atoms with Crippen LogP contribution in [0.5, 0.6) is 5.75 Å². The van der Waals surface area contributed by atoms with Crippen LogP contribution in [0.15, 0.2) is 29.2 Å². The second-order valence-corrected chi connectivity index (χ2v) is 8.51. The molecule has 0 aromatic heterocycles. The zero-order chi connectivity index (χ0) is 17.0. The third-order valence-electron chi connectivity index (χ3n) is 4.66. The third-order valence-corrected chi connectivity index (χ3v) is 6.74. The van der Waals surface area contributed by atoms with Gasteiger partial charge in [0.15, 0.2) is 9.84 Å². The average molecular weight is 339 g/mol. The standard InChI is InChI=1S/C17H25NO4S/c1-12-6-4-5-7-16(12)18-17(19)13(2)23(20,21)15-10-8-14(22-3)9-11-15/h8-13,16H,4-7H2,1-3H3,(H,18,19). The number of sulfone groups is 1. The van der Waals surface area contributed by atoms with Crippen LogP contribution < -0.4 is 10.1 Å². The van der Waals surface area contributed by atoms with E-state index in [0.29, 0.717) is 11.7 Å². The molecule has 128 valence electrons. The van der Waals surface area contributed by atoms with Gasteiger partial charge in [-0.05, 0) is 49.9 Å². The quantitative estimate of drug-likeness (QED) is 0.895. The van der Waals surface area contributed by atoms with Gasteiger partial charge in [-0.25, -0.2) is 8.42 Å². The molecule has 1 saturated carbocycles. The molecule has 1 fully saturated rings. The second-order valence-electron chi connectivity index (χ2n) is 6.24. The van der Waals surface area contributed by atoms with Gasteiger partial charge in [-0.3, -0.25) is 4.79 Å². The molecule has 0 heterocycles. The molecule has 1 amide bonds. The van der Waals surface area contributed by atoms with E-state index < -0.39 is 21.0 Å². The number of ether oxygens (including phenoxy) is 1. The number of carbonyl (C=O) groups excluding carboxylic acids is 1. The number of hydrogen-bond acceptors (Lipinski definition) is 4. The molecule has 3 atom stereocenters. The Balaban J connectivity index is 2.10. The number of benzene rings is 1. The molecule has 1 aromatic rings. The van der Waals surface area contributed by atoms with Gasteiger partial charge in [-0.2, -0.15) is 0 Å². The van der Waals surface area contributed by atoms with Crippen LogP contribution in [0.25, 0.3) is 0 Å². The molecule has 0 aliphatic heterocycles. The SMILES string of the molecule is COc1ccc(S(=O)(=O)C(C)C(=O)NC2CCCCC2C)cc1. The molecule has 0 radical (unpaired) electrons. The number of carbonyl (C=O) groups is 1. The van der Waals surface area contributed by atoms with Gasteiger partial charge in [0.05, 0.1) is 12.0 Å². The largest absolute Gasteiger partial charge is 0.497 e. The molecule has 3 unspecified atom stereocenters. The zero-order valence-electron chi connectivity index (χ0n) is 13.9. The smallest absolute Gasteiger partial charge is 0.238 e. The topological polar surface area (TPSA) is 72.5 Å². The fraction of sp³-hybridized carbons (Fsp3) is 0.588. The summed E-state index contributed by atoms with van der Waals surface area (Å²) in [5.74, 6) is 0.556. The van der Waals surface area contributed by atoms with Crippen molar-refractivity contribution in [2.75, 3.05) is 7.11 Å².